The minimum atomic E-state index is 0.221. The molecule has 0 heterocycles. The fraction of sp³-hybridized carbons (Fsp3) is 0.735. The zero-order chi connectivity index (χ0) is 25.7. The van der Waals surface area contributed by atoms with Gasteiger partial charge in [-0.15, -0.1) is 0 Å². The number of hydrogen-bond acceptors (Lipinski definition) is 1. The van der Waals surface area contributed by atoms with Crippen LogP contribution in [0.15, 0.2) is 35.9 Å². The van der Waals surface area contributed by atoms with Crippen LogP contribution in [0.2, 0.25) is 4.82 Å². The predicted molar refractivity (Wildman–Crippen MR) is 154 cm³/mol. The van der Waals surface area contributed by atoms with Crippen molar-refractivity contribution in [2.24, 2.45) is 46.3 Å². The van der Waals surface area contributed by atoms with Gasteiger partial charge in [0.1, 0.15) is 0 Å². The monoisotopic (exact) mass is 554 g/mol. The minimum absolute atomic E-state index is 0.221. The molecule has 0 aliphatic heterocycles. The molecule has 1 aromatic rings. The zero-order valence-corrected chi connectivity index (χ0v) is 25.5. The van der Waals surface area contributed by atoms with E-state index in [0.29, 0.717) is 11.2 Å². The van der Waals surface area contributed by atoms with Crippen molar-refractivity contribution >= 4 is 25.2 Å². The van der Waals surface area contributed by atoms with Gasteiger partial charge in [-0.2, -0.15) is 0 Å². The number of rotatable bonds is 7. The molecule has 0 bridgehead atoms. The number of benzene rings is 1. The molecule has 1 aromatic carbocycles. The molecular weight excluding hydrogens is 503 g/mol. The van der Waals surface area contributed by atoms with E-state index in [0.717, 1.165) is 41.9 Å². The van der Waals surface area contributed by atoms with Gasteiger partial charge in [-0.05, 0) is 5.92 Å². The van der Waals surface area contributed by atoms with Crippen molar-refractivity contribution in [1.29, 1.82) is 0 Å². The summed E-state index contributed by atoms with van der Waals surface area (Å²) in [6, 6.07) is 8.96. The van der Waals surface area contributed by atoms with Crippen LogP contribution in [0.25, 0.3) is 0 Å². The third kappa shape index (κ3) is 4.84. The summed E-state index contributed by atoms with van der Waals surface area (Å²) in [4.78, 5) is 13.5. The van der Waals surface area contributed by atoms with Crippen LogP contribution in [0, 0.1) is 53.3 Å². The molecule has 0 N–H and O–H groups in total. The van der Waals surface area contributed by atoms with Gasteiger partial charge in [0.05, 0.1) is 0 Å². The molecule has 4 aliphatic rings. The second-order valence-corrected chi connectivity index (χ2v) is 16.7. The Morgan fingerprint density at radius 3 is 2.44 bits per heavy atom. The van der Waals surface area contributed by atoms with E-state index in [-0.39, 0.29) is 25.2 Å². The second kappa shape index (κ2) is 10.4. The Morgan fingerprint density at radius 1 is 0.972 bits per heavy atom. The molecule has 3 fully saturated rings. The Kier molecular flexibility index (Phi) is 7.71. The molecule has 198 valence electrons. The summed E-state index contributed by atoms with van der Waals surface area (Å²) >= 11 is 0.232. The Bertz CT molecular complexity index is 975. The summed E-state index contributed by atoms with van der Waals surface area (Å²) in [7, 11) is 0. The Labute approximate surface area is 227 Å². The number of ketones is 1. The van der Waals surface area contributed by atoms with Crippen LogP contribution in [-0.4, -0.2) is 20.7 Å². The molecule has 0 saturated heterocycles. The molecule has 36 heavy (non-hydrogen) atoms. The van der Waals surface area contributed by atoms with Crippen LogP contribution in [0.3, 0.4) is 0 Å². The molecule has 4 aliphatic carbocycles. The molecule has 0 amide bonds. The van der Waals surface area contributed by atoms with Crippen LogP contribution in [0.4, 0.5) is 0 Å². The van der Waals surface area contributed by atoms with Crippen LogP contribution < -0.4 is 4.46 Å². The third-order valence-electron chi connectivity index (χ3n) is 11.5. The molecule has 2 heteroatoms. The topological polar surface area (TPSA) is 17.1 Å². The Balaban J connectivity index is 1.32. The van der Waals surface area contributed by atoms with Crippen molar-refractivity contribution in [3.8, 4) is 0 Å². The summed E-state index contributed by atoms with van der Waals surface area (Å²) in [6.45, 7) is 14.7. The molecule has 5 rings (SSSR count). The number of allylic oxidation sites excluding steroid dienone is 1. The molecule has 0 aromatic heterocycles. The zero-order valence-electron chi connectivity index (χ0n) is 23.8. The molecule has 0 spiro atoms. The van der Waals surface area contributed by atoms with Gasteiger partial charge in [0, 0.05) is 0 Å². The van der Waals surface area contributed by atoms with Crippen molar-refractivity contribution in [1.82, 2.24) is 0 Å². The number of carbonyl (C=O) groups excluding carboxylic acids is 1. The summed E-state index contributed by atoms with van der Waals surface area (Å²) in [5.41, 5.74) is 3.62. The average Bonchev–Trinajstić information content (AvgIpc) is 3.18. The van der Waals surface area contributed by atoms with Crippen molar-refractivity contribution < 1.29 is 4.79 Å². The van der Waals surface area contributed by atoms with Gasteiger partial charge < -0.3 is 0 Å². The van der Waals surface area contributed by atoms with Gasteiger partial charge >= 0.3 is 209 Å². The molecule has 8 atom stereocenters. The van der Waals surface area contributed by atoms with Crippen molar-refractivity contribution in [2.45, 2.75) is 111 Å². The fourth-order valence-corrected chi connectivity index (χ4v) is 12.1. The summed E-state index contributed by atoms with van der Waals surface area (Å²) in [5, 5.41) is 0. The Morgan fingerprint density at radius 2 is 1.72 bits per heavy atom. The van der Waals surface area contributed by atoms with E-state index in [1.165, 1.54) is 73.4 Å². The van der Waals surface area contributed by atoms with Crippen molar-refractivity contribution in [3.05, 3.63) is 41.5 Å². The maximum absolute atomic E-state index is 13.2. The van der Waals surface area contributed by atoms with E-state index < -0.39 is 0 Å². The van der Waals surface area contributed by atoms with E-state index >= 15 is 0 Å². The van der Waals surface area contributed by atoms with Crippen molar-refractivity contribution in [2.75, 3.05) is 0 Å². The predicted octanol–water partition coefficient (Wildman–Crippen LogP) is 8.33. The first-order valence-corrected chi connectivity index (χ1v) is 16.9. The van der Waals surface area contributed by atoms with Crippen LogP contribution in [-0.2, 0) is 4.79 Å². The van der Waals surface area contributed by atoms with Gasteiger partial charge in [0.25, 0.3) is 0 Å². The van der Waals surface area contributed by atoms with E-state index in [2.05, 4.69) is 71.9 Å². The molecule has 1 nitrogen and oxygen atoms in total. The third-order valence-corrected chi connectivity index (χ3v) is 14.1. The molecule has 3 saturated carbocycles. The number of aryl methyl sites for hydroxylation is 1. The van der Waals surface area contributed by atoms with Gasteiger partial charge in [0.15, 0.2) is 0 Å². The molecule has 0 unspecified atom stereocenters. The van der Waals surface area contributed by atoms with Crippen molar-refractivity contribution in [3.63, 3.8) is 0 Å². The summed E-state index contributed by atoms with van der Waals surface area (Å²) in [5.74, 6) is 5.63. The summed E-state index contributed by atoms with van der Waals surface area (Å²) in [6.07, 6.45) is 15.7. The van der Waals surface area contributed by atoms with Crippen LogP contribution in [0.5, 0.6) is 0 Å². The molecular formula is C34H50OSe. The second-order valence-electron chi connectivity index (χ2n) is 14.1. The first-order valence-electron chi connectivity index (χ1n) is 15.1. The maximum atomic E-state index is 13.2. The normalized spacial score (nSPS) is 38.8. The number of carbonyl (C=O) groups is 1. The van der Waals surface area contributed by atoms with E-state index in [9.17, 15) is 4.79 Å². The SMILES string of the molecule is Cc1ccc([Se][C@@H]2C[C@@]3(C)C(=CC2=O)CC[C@H]2[C@@H]4CC[C@H]([C@H](C)CCCC(C)C)[C@@]4(C)CC[C@@H]23)cc1. The van der Waals surface area contributed by atoms with Crippen LogP contribution in [0.1, 0.15) is 104 Å². The fourth-order valence-electron chi connectivity index (χ4n) is 9.50. The quantitative estimate of drug-likeness (QED) is 0.310. The van der Waals surface area contributed by atoms with Gasteiger partial charge in [-0.1, -0.05) is 13.8 Å². The van der Waals surface area contributed by atoms with Gasteiger partial charge in [0.2, 0.25) is 0 Å². The van der Waals surface area contributed by atoms with Crippen LogP contribution >= 0.6 is 0 Å². The van der Waals surface area contributed by atoms with E-state index in [1.54, 1.807) is 0 Å². The molecule has 0 radical (unpaired) electrons. The Hall–Kier alpha value is -0.851. The number of fused-ring (bicyclic) bond motifs is 5. The summed E-state index contributed by atoms with van der Waals surface area (Å²) < 4.78 is 1.39. The van der Waals surface area contributed by atoms with Gasteiger partial charge in [-0.25, -0.2) is 0 Å². The van der Waals surface area contributed by atoms with E-state index in [1.807, 2.05) is 0 Å². The standard InChI is InChI=1S/C34H50OSe/c1-22(2)8-7-9-24(4)28-16-17-29-27-15-12-25-20-31(35)32(36-26-13-10-23(3)11-14-26)21-34(25,6)30(27)18-19-33(28,29)5/h10-11,13-14,20,22,24,27-30,32H,7-9,12,15-19,21H2,1-6H3/t24-,27+,28-,29+,30+,32-,33-,34+/m1/s1. The first-order chi connectivity index (χ1) is 17.1. The average molecular weight is 554 g/mol. The van der Waals surface area contributed by atoms with E-state index in [4.69, 9.17) is 0 Å². The first kappa shape index (κ1) is 26.7. The number of hydrogen-bond donors (Lipinski definition) is 0. The van der Waals surface area contributed by atoms with Gasteiger partial charge in [-0.3, -0.25) is 0 Å².